The van der Waals surface area contributed by atoms with E-state index in [9.17, 15) is 29.1 Å². The molecule has 5 N–H and O–H groups in total. The van der Waals surface area contributed by atoms with Crippen molar-refractivity contribution in [1.29, 1.82) is 0 Å². The molecule has 1 fully saturated rings. The van der Waals surface area contributed by atoms with Crippen LogP contribution in [-0.4, -0.2) is 96.5 Å². The number of carbonyl (C=O) groups is 5. The fourth-order valence-corrected chi connectivity index (χ4v) is 5.87. The van der Waals surface area contributed by atoms with Crippen LogP contribution in [0.1, 0.15) is 29.9 Å². The van der Waals surface area contributed by atoms with Gasteiger partial charge in [0, 0.05) is 52.9 Å². The Labute approximate surface area is 295 Å². The number of nitrogens with one attached hydrogen (secondary N) is 4. The summed E-state index contributed by atoms with van der Waals surface area (Å²) in [4.78, 5) is 71.1. The lowest BCUT2D eigenvalue weighted by Gasteiger charge is -2.36. The molecule has 0 bridgehead atoms. The summed E-state index contributed by atoms with van der Waals surface area (Å²) in [6, 6.07) is 16.9. The number of carbonyl (C=O) groups excluding carboxylic acids is 4. The maximum atomic E-state index is 13.7. The summed E-state index contributed by atoms with van der Waals surface area (Å²) in [6.07, 6.45) is 1.29. The smallest absolute Gasteiger partial charge is 0.352 e. The zero-order chi connectivity index (χ0) is 36.2. The molecule has 1 unspecified atom stereocenters. The lowest BCUT2D eigenvalue weighted by Crippen LogP contribution is -2.52. The van der Waals surface area contributed by atoms with Crippen LogP contribution in [0, 0.1) is 0 Å². The number of rotatable bonds is 10. The quantitative estimate of drug-likeness (QED) is 0.134. The second-order valence-corrected chi connectivity index (χ2v) is 12.6. The van der Waals surface area contributed by atoms with E-state index in [-0.39, 0.29) is 34.8 Å². The molecule has 1 aliphatic heterocycles. The van der Waals surface area contributed by atoms with Crippen LogP contribution in [0.3, 0.4) is 0 Å². The average molecular weight is 713 g/mol. The lowest BCUT2D eigenvalue weighted by atomic mass is 10.0. The molecule has 0 saturated carbocycles. The van der Waals surface area contributed by atoms with E-state index in [1.807, 2.05) is 13.8 Å². The number of nitrogens with zero attached hydrogens (tertiary/aromatic N) is 6. The second kappa shape index (κ2) is 14.8. The van der Waals surface area contributed by atoms with Gasteiger partial charge in [-0.3, -0.25) is 24.1 Å². The van der Waals surface area contributed by atoms with Gasteiger partial charge in [0.25, 0.3) is 0 Å². The average Bonchev–Trinajstić information content (AvgIpc) is 3.79. The molecule has 5 aromatic rings. The van der Waals surface area contributed by atoms with Crippen LogP contribution in [0.15, 0.2) is 73.1 Å². The third-order valence-corrected chi connectivity index (χ3v) is 8.65. The van der Waals surface area contributed by atoms with Gasteiger partial charge in [0.05, 0.1) is 17.9 Å². The molecule has 51 heavy (non-hydrogen) atoms. The number of anilines is 3. The molecule has 16 nitrogen and oxygen atoms in total. The zero-order valence-electron chi connectivity index (χ0n) is 27.5. The maximum Gasteiger partial charge on any atom is 0.352 e. The largest absolute Gasteiger partial charge is 0.477 e. The highest BCUT2D eigenvalue weighted by atomic mass is 35.5. The van der Waals surface area contributed by atoms with Gasteiger partial charge >= 0.3 is 17.8 Å². The number of hydrogen-bond donors (Lipinski definition) is 5. The third kappa shape index (κ3) is 8.03. The summed E-state index contributed by atoms with van der Waals surface area (Å²) in [5, 5.41) is 29.0. The van der Waals surface area contributed by atoms with E-state index in [1.54, 1.807) is 59.5 Å². The van der Waals surface area contributed by atoms with Crippen molar-refractivity contribution in [2.24, 2.45) is 0 Å². The van der Waals surface area contributed by atoms with E-state index in [0.29, 0.717) is 46.6 Å². The molecule has 0 radical (unpaired) electrons. The topological polar surface area (TPSA) is 208 Å². The Bertz CT molecular complexity index is 2120. The van der Waals surface area contributed by atoms with Gasteiger partial charge in [-0.1, -0.05) is 23.7 Å². The first kappa shape index (κ1) is 34.7. The molecule has 3 aromatic carbocycles. The van der Waals surface area contributed by atoms with E-state index in [1.165, 1.54) is 23.1 Å². The molecule has 3 heterocycles. The Morgan fingerprint density at radius 3 is 2.43 bits per heavy atom. The Balaban J connectivity index is 1.21. The fraction of sp³-hybridized carbons (Fsp3) is 0.235. The standard InChI is InChI=1S/C34H33ClN10O6/c1-19(2)43-11-12-44(30(46)17-43)24-7-3-20(4-8-24)13-27(31(47)37-23-6-9-25-21(14-23)15-28(38-25)34(50)51)40-33(49)32(48)39-26-16-22(35)5-10-29(26)45-18-36-41-42-45/h3-10,14-16,18-19,27,38H,11-13,17H2,1-2H3,(H,37,47)(H,39,48)(H,40,49)(H,50,51). The molecule has 0 spiro atoms. The molecular formula is C34H33ClN10O6. The molecule has 1 aliphatic rings. The van der Waals surface area contributed by atoms with E-state index in [2.05, 4.69) is 41.4 Å². The van der Waals surface area contributed by atoms with Crippen molar-refractivity contribution >= 4 is 69.2 Å². The van der Waals surface area contributed by atoms with Crippen LogP contribution in [0.2, 0.25) is 5.02 Å². The van der Waals surface area contributed by atoms with Gasteiger partial charge in [-0.25, -0.2) is 4.79 Å². The number of halogens is 1. The van der Waals surface area contributed by atoms with Crippen LogP contribution >= 0.6 is 11.6 Å². The van der Waals surface area contributed by atoms with Crippen molar-refractivity contribution in [3.05, 3.63) is 89.3 Å². The van der Waals surface area contributed by atoms with Crippen molar-refractivity contribution in [3.8, 4) is 5.69 Å². The van der Waals surface area contributed by atoms with Crippen LogP contribution < -0.4 is 20.9 Å². The van der Waals surface area contributed by atoms with Crippen LogP contribution in [0.4, 0.5) is 17.1 Å². The Kier molecular flexibility index (Phi) is 10.1. The highest BCUT2D eigenvalue weighted by molar-refractivity contribution is 6.40. The van der Waals surface area contributed by atoms with E-state index < -0.39 is 29.7 Å². The summed E-state index contributed by atoms with van der Waals surface area (Å²) < 4.78 is 1.28. The van der Waals surface area contributed by atoms with E-state index >= 15 is 0 Å². The second-order valence-electron chi connectivity index (χ2n) is 12.2. The number of tetrazole rings is 1. The molecule has 0 aliphatic carbocycles. The number of amides is 4. The summed E-state index contributed by atoms with van der Waals surface area (Å²) in [6.45, 7) is 5.68. The first-order valence-corrected chi connectivity index (χ1v) is 16.3. The number of aromatic amines is 1. The highest BCUT2D eigenvalue weighted by Crippen LogP contribution is 2.25. The van der Waals surface area contributed by atoms with Crippen molar-refractivity contribution < 1.29 is 29.1 Å². The monoisotopic (exact) mass is 712 g/mol. The van der Waals surface area contributed by atoms with Gasteiger partial charge in [-0.15, -0.1) is 5.10 Å². The zero-order valence-corrected chi connectivity index (χ0v) is 28.2. The molecule has 262 valence electrons. The minimum atomic E-state index is -1.24. The van der Waals surface area contributed by atoms with E-state index in [4.69, 9.17) is 11.6 Å². The fourth-order valence-electron chi connectivity index (χ4n) is 5.70. The highest BCUT2D eigenvalue weighted by Gasteiger charge is 2.28. The SMILES string of the molecule is CC(C)N1CCN(c2ccc(CC(NC(=O)C(=O)Nc3cc(Cl)ccc3-n3cnnn3)C(=O)Nc3ccc4[nH]c(C(=O)O)cc4c3)cc2)C(=O)C1. The van der Waals surface area contributed by atoms with Crippen LogP contribution in [-0.2, 0) is 25.6 Å². The van der Waals surface area contributed by atoms with Gasteiger partial charge in [0.2, 0.25) is 11.8 Å². The molecule has 4 amide bonds. The summed E-state index contributed by atoms with van der Waals surface area (Å²) in [7, 11) is 0. The summed E-state index contributed by atoms with van der Waals surface area (Å²) >= 11 is 6.15. The molecule has 1 atom stereocenters. The van der Waals surface area contributed by atoms with E-state index in [0.717, 1.165) is 6.54 Å². The minimum Gasteiger partial charge on any atom is -0.477 e. The van der Waals surface area contributed by atoms with Gasteiger partial charge in [0.1, 0.15) is 18.1 Å². The molecule has 6 rings (SSSR count). The minimum absolute atomic E-state index is 0.0111. The van der Waals surface area contributed by atoms with Gasteiger partial charge in [-0.2, -0.15) is 4.68 Å². The predicted molar refractivity (Wildman–Crippen MR) is 188 cm³/mol. The van der Waals surface area contributed by atoms with Crippen LogP contribution in [0.5, 0.6) is 0 Å². The van der Waals surface area contributed by atoms with Crippen LogP contribution in [0.25, 0.3) is 16.6 Å². The normalized spacial score (nSPS) is 14.0. The summed E-state index contributed by atoms with van der Waals surface area (Å²) in [5.41, 5.74) is 2.73. The Morgan fingerprint density at radius 1 is 0.961 bits per heavy atom. The number of aromatic carboxylic acids is 1. The van der Waals surface area contributed by atoms with Crippen molar-refractivity contribution in [3.63, 3.8) is 0 Å². The van der Waals surface area contributed by atoms with Gasteiger partial charge in [0.15, 0.2) is 0 Å². The van der Waals surface area contributed by atoms with Crippen molar-refractivity contribution in [2.75, 3.05) is 35.2 Å². The van der Waals surface area contributed by atoms with Crippen molar-refractivity contribution in [2.45, 2.75) is 32.4 Å². The maximum absolute atomic E-state index is 13.7. The molecule has 17 heteroatoms. The number of carboxylic acids is 1. The van der Waals surface area contributed by atoms with Crippen molar-refractivity contribution in [1.82, 2.24) is 35.4 Å². The molecule has 1 saturated heterocycles. The van der Waals surface area contributed by atoms with Gasteiger partial charge in [-0.05, 0) is 84.4 Å². The first-order valence-electron chi connectivity index (χ1n) is 15.9. The number of piperazine rings is 1. The number of carboxylic acid groups (broad SMARTS) is 1. The Hall–Kier alpha value is -6.13. The molecular weight excluding hydrogens is 680 g/mol. The predicted octanol–water partition coefficient (Wildman–Crippen LogP) is 2.86. The number of H-pyrrole nitrogens is 1. The number of aromatic nitrogens is 5. The Morgan fingerprint density at radius 2 is 1.75 bits per heavy atom. The number of hydrogen-bond acceptors (Lipinski definition) is 9. The first-order chi connectivity index (χ1) is 24.4. The molecule has 2 aromatic heterocycles. The third-order valence-electron chi connectivity index (χ3n) is 8.42. The summed E-state index contributed by atoms with van der Waals surface area (Å²) in [5.74, 6) is -3.96. The lowest BCUT2D eigenvalue weighted by molar-refractivity contribution is -0.137. The number of fused-ring (bicyclic) bond motifs is 1. The van der Waals surface area contributed by atoms with Gasteiger partial charge < -0.3 is 30.9 Å². The number of benzene rings is 3.